The Morgan fingerprint density at radius 2 is 0.744 bits per heavy atom. The summed E-state index contributed by atoms with van der Waals surface area (Å²) in [5, 5.41) is 9.33. The third-order valence-electron chi connectivity index (χ3n) is 11.7. The van der Waals surface area contributed by atoms with Crippen LogP contribution in [0.5, 0.6) is 0 Å². The number of ether oxygens (including phenoxy) is 4. The molecule has 0 aromatic rings. The molecule has 0 bridgehead atoms. The molecule has 0 atom stereocenters. The van der Waals surface area contributed by atoms with Gasteiger partial charge in [-0.15, -0.1) is 24.0 Å². The standard InChI is InChI=1S/C15H35N2O.2C12H28N2O.C8H18ClN.C4H11NO.C4H8O.C3H7Br.2CH4.BrH.ClH.Na.H/c1-8-10-17(6,7)11-13-18-12-9-16(14(2)3)15(4)5;2*1-11(2)14(12(3)4)8-10-15-9-7-13(5)6;1-7(2)10(6-5-9)8(3)4;1-5(2)3-4-6;1-2-4-5-3-1;1-2-3-4;;;;;;/h14-15H,8-13H2,1-7H3;2*11-12H,7-10H2,1-6H3;7-8H,5-6H2,1-4H3;6H,3-4H2,1-2H3;1-4H2;2-3H2,1H3;2*1H4;2*1H;;/q+1;;;;;;;;;;;+1;-1/p-1. The number of rotatable bonds is 33. The first-order valence-corrected chi connectivity index (χ1v) is 30.5. The average Bonchev–Trinajstić information content (AvgIpc) is 3.87. The van der Waals surface area contributed by atoms with E-state index >= 15 is 0 Å². The Bertz CT molecular complexity index is 994. The van der Waals surface area contributed by atoms with E-state index in [1.54, 1.807) is 0 Å². The van der Waals surface area contributed by atoms with Crippen LogP contribution in [0, 0.1) is 0 Å². The predicted octanol–water partition coefficient (Wildman–Crippen LogP) is 6.26. The number of hydrogen-bond donors (Lipinski definition) is 1. The molecular weight excluding hydrogens is 1170 g/mol. The van der Waals surface area contributed by atoms with Crippen molar-refractivity contribution in [2.45, 2.75) is 213 Å². The molecule has 0 aromatic heterocycles. The van der Waals surface area contributed by atoms with Gasteiger partial charge in [0.1, 0.15) is 6.54 Å². The zero-order valence-corrected chi connectivity index (χ0v) is 62.5. The number of halogens is 4. The minimum Gasteiger partial charge on any atom is -1.00 e. The fourth-order valence-corrected chi connectivity index (χ4v) is 7.79. The van der Waals surface area contributed by atoms with Gasteiger partial charge >= 0.3 is 29.6 Å². The topological polar surface area (TPSA) is 79.8 Å². The van der Waals surface area contributed by atoms with Crippen LogP contribution < -0.4 is 46.5 Å². The zero-order chi connectivity index (χ0) is 58.0. The number of aliphatic hydroxyl groups is 1. The monoisotopic (exact) mass is 1310 g/mol. The van der Waals surface area contributed by atoms with Crippen LogP contribution in [0.1, 0.15) is 167 Å². The zero-order valence-electron chi connectivity index (χ0n) is 56.8. The van der Waals surface area contributed by atoms with Crippen LogP contribution in [0.25, 0.3) is 0 Å². The van der Waals surface area contributed by atoms with Crippen LogP contribution in [0.15, 0.2) is 0 Å². The van der Waals surface area contributed by atoms with E-state index in [-0.39, 0.29) is 81.8 Å². The third-order valence-corrected chi connectivity index (χ3v) is 12.7. The summed E-state index contributed by atoms with van der Waals surface area (Å²) in [5.74, 6) is 0.732. The van der Waals surface area contributed by atoms with Crippen molar-refractivity contribution >= 4 is 39.9 Å². The molecule has 1 heterocycles. The fourth-order valence-electron chi connectivity index (χ4n) is 7.60. The van der Waals surface area contributed by atoms with Gasteiger partial charge in [0.05, 0.1) is 66.9 Å². The summed E-state index contributed by atoms with van der Waals surface area (Å²) in [6, 6.07) is 4.81. The first kappa shape index (κ1) is 105. The van der Waals surface area contributed by atoms with Crippen LogP contribution in [0.2, 0.25) is 0 Å². The summed E-state index contributed by atoms with van der Waals surface area (Å²) in [7, 11) is 16.7. The number of alkyl halides is 2. The van der Waals surface area contributed by atoms with Gasteiger partial charge in [0.15, 0.2) is 0 Å². The molecule has 0 aromatic carbocycles. The molecule has 0 spiro atoms. The Morgan fingerprint density at radius 1 is 0.487 bits per heavy atom. The second-order valence-electron chi connectivity index (χ2n) is 22.8. The van der Waals surface area contributed by atoms with Crippen LogP contribution in [0.4, 0.5) is 0 Å². The molecule has 0 amide bonds. The van der Waals surface area contributed by atoms with Crippen molar-refractivity contribution in [1.82, 2.24) is 34.3 Å². The maximum Gasteiger partial charge on any atom is 1.00 e. The van der Waals surface area contributed by atoms with Crippen molar-refractivity contribution in [3.8, 4) is 0 Å². The van der Waals surface area contributed by atoms with Gasteiger partial charge in [-0.05, 0) is 179 Å². The molecule has 1 N–H and O–H groups in total. The van der Waals surface area contributed by atoms with Crippen molar-refractivity contribution in [2.75, 3.05) is 186 Å². The molecular formula is C60H145Br2Cl2N8NaO5. The Kier molecular flexibility index (Phi) is 98.5. The normalized spacial score (nSPS) is 12.0. The maximum atomic E-state index is 8.20. The number of likely N-dealkylation sites (N-methyl/N-ethyl adjacent to an activating group) is 4. The van der Waals surface area contributed by atoms with E-state index in [0.29, 0.717) is 48.3 Å². The number of aliphatic hydroxyl groups excluding tert-OH is 1. The Morgan fingerprint density at radius 3 is 0.910 bits per heavy atom. The minimum absolute atomic E-state index is 0. The van der Waals surface area contributed by atoms with Crippen molar-refractivity contribution < 1.29 is 76.5 Å². The predicted molar refractivity (Wildman–Crippen MR) is 352 cm³/mol. The van der Waals surface area contributed by atoms with Gasteiger partial charge in [-0.3, -0.25) is 19.6 Å². The summed E-state index contributed by atoms with van der Waals surface area (Å²) in [5.41, 5.74) is 0. The van der Waals surface area contributed by atoms with Gasteiger partial charge in [0.2, 0.25) is 0 Å². The fraction of sp³-hybridized carbons (Fsp3) is 1.00. The van der Waals surface area contributed by atoms with Crippen LogP contribution >= 0.6 is 39.9 Å². The Balaban J connectivity index is -0.0000000685. The molecule has 13 nitrogen and oxygen atoms in total. The molecule has 1 rings (SSSR count). The molecule has 0 aliphatic carbocycles. The first-order chi connectivity index (χ1) is 34.0. The second kappa shape index (κ2) is 73.3. The van der Waals surface area contributed by atoms with Crippen molar-refractivity contribution in [1.29, 1.82) is 0 Å². The summed E-state index contributed by atoms with van der Waals surface area (Å²) >= 11 is 8.89. The van der Waals surface area contributed by atoms with E-state index in [1.807, 2.05) is 19.0 Å². The van der Waals surface area contributed by atoms with Crippen LogP contribution in [0.3, 0.4) is 0 Å². The van der Waals surface area contributed by atoms with Crippen molar-refractivity contribution in [2.24, 2.45) is 0 Å². The Hall–Kier alpha value is 2.02. The van der Waals surface area contributed by atoms with E-state index < -0.39 is 0 Å². The molecule has 484 valence electrons. The molecule has 1 fully saturated rings. The molecule has 1 aliphatic rings. The smallest absolute Gasteiger partial charge is 1.00 e. The Labute approximate surface area is 546 Å². The van der Waals surface area contributed by atoms with Gasteiger partial charge in [0.25, 0.3) is 0 Å². The van der Waals surface area contributed by atoms with Crippen LogP contribution in [-0.2, 0) is 18.9 Å². The minimum atomic E-state index is 0. The molecule has 18 heteroatoms. The quantitative estimate of drug-likeness (QED) is 0.0349. The maximum absolute atomic E-state index is 8.20. The SMILES string of the molecule is C.C.C1CCOC1.CC(C)N(CCCl)C(C)C.CC(C)N(CCOCCN(C)C)C(C)C.CC(C)N(CCOCCN(C)C)C(C)C.CCCBr.CCC[N+](C)(C)CCOCCN(C(C)C)C(C)C.CN(C)CCO.Cl.[Br-].[H-].[Na+]. The second-order valence-corrected chi connectivity index (χ2v) is 23.9. The molecule has 1 aliphatic heterocycles. The van der Waals surface area contributed by atoms with Gasteiger partial charge in [0, 0.05) is 119 Å². The van der Waals surface area contributed by atoms with Crippen molar-refractivity contribution in [3.05, 3.63) is 0 Å². The summed E-state index contributed by atoms with van der Waals surface area (Å²) in [4.78, 5) is 16.0. The molecule has 78 heavy (non-hydrogen) atoms. The summed E-state index contributed by atoms with van der Waals surface area (Å²) in [6.45, 7) is 56.6. The third kappa shape index (κ3) is 82.2. The number of quaternary nitrogens is 1. The van der Waals surface area contributed by atoms with Gasteiger partial charge in [-0.2, -0.15) is 0 Å². The molecule has 0 unspecified atom stereocenters. The summed E-state index contributed by atoms with van der Waals surface area (Å²) < 4.78 is 23.0. The number of hydrogen-bond acceptors (Lipinski definition) is 12. The van der Waals surface area contributed by atoms with Crippen LogP contribution in [-0.4, -0.2) is 278 Å². The van der Waals surface area contributed by atoms with E-state index in [2.05, 4.69) is 212 Å². The van der Waals surface area contributed by atoms with Crippen molar-refractivity contribution in [3.63, 3.8) is 0 Å². The molecule has 0 radical (unpaired) electrons. The van der Waals surface area contributed by atoms with E-state index in [9.17, 15) is 0 Å². The largest absolute Gasteiger partial charge is 1.00 e. The van der Waals surface area contributed by atoms with E-state index in [4.69, 9.17) is 35.7 Å². The van der Waals surface area contributed by atoms with E-state index in [0.717, 1.165) is 121 Å². The average molecular weight is 1310 g/mol. The molecule has 1 saturated heterocycles. The van der Waals surface area contributed by atoms with Gasteiger partial charge in [-0.1, -0.05) is 44.6 Å². The van der Waals surface area contributed by atoms with Gasteiger partial charge in [-0.25, -0.2) is 0 Å². The van der Waals surface area contributed by atoms with Gasteiger partial charge < -0.3 is 61.6 Å². The molecule has 0 saturated carbocycles. The first-order valence-electron chi connectivity index (χ1n) is 28.8. The van der Waals surface area contributed by atoms with E-state index in [1.165, 1.54) is 32.2 Å². The number of nitrogens with zero attached hydrogens (tertiary/aromatic N) is 8. The summed E-state index contributed by atoms with van der Waals surface area (Å²) in [6.07, 6.45) is 5.03.